The number of allylic oxidation sites excluding steroid dienone is 2. The Bertz CT molecular complexity index is 934. The molecule has 0 spiro atoms. The van der Waals surface area contributed by atoms with Crippen LogP contribution < -0.4 is 0 Å². The van der Waals surface area contributed by atoms with Crippen molar-refractivity contribution in [2.24, 2.45) is 11.8 Å². The van der Waals surface area contributed by atoms with E-state index < -0.39 is 0 Å². The van der Waals surface area contributed by atoms with Crippen LogP contribution in [-0.4, -0.2) is 0 Å². The van der Waals surface area contributed by atoms with Gasteiger partial charge in [0.15, 0.2) is 0 Å². The molecule has 0 aliphatic heterocycles. The summed E-state index contributed by atoms with van der Waals surface area (Å²) in [5.41, 5.74) is 5.26. The van der Waals surface area contributed by atoms with E-state index in [4.69, 9.17) is 11.6 Å². The molecule has 2 aromatic rings. The zero-order valence-corrected chi connectivity index (χ0v) is 21.3. The minimum absolute atomic E-state index is 0.258. The van der Waals surface area contributed by atoms with Gasteiger partial charge in [0.1, 0.15) is 5.82 Å². The van der Waals surface area contributed by atoms with Gasteiger partial charge in [-0.15, -0.1) is 0 Å². The molecule has 2 heteroatoms. The number of hydrogen-bond acceptors (Lipinski definition) is 0. The highest BCUT2D eigenvalue weighted by molar-refractivity contribution is 6.32. The molecule has 4 rings (SSSR count). The smallest absolute Gasteiger partial charge is 0.149 e. The van der Waals surface area contributed by atoms with Crippen LogP contribution in [0.15, 0.2) is 42.5 Å². The van der Waals surface area contributed by atoms with Gasteiger partial charge in [-0.3, -0.25) is 0 Å². The van der Waals surface area contributed by atoms with Gasteiger partial charge in [0, 0.05) is 5.56 Å². The molecule has 2 aromatic carbocycles. The van der Waals surface area contributed by atoms with E-state index >= 15 is 4.39 Å². The van der Waals surface area contributed by atoms with E-state index in [-0.39, 0.29) is 5.82 Å². The van der Waals surface area contributed by atoms with E-state index in [1.165, 1.54) is 68.9 Å². The maximum atomic E-state index is 15.3. The van der Waals surface area contributed by atoms with Gasteiger partial charge in [-0.25, -0.2) is 4.39 Å². The van der Waals surface area contributed by atoms with Gasteiger partial charge in [-0.05, 0) is 85.0 Å². The zero-order chi connectivity index (χ0) is 23.2. The molecule has 0 amide bonds. The predicted molar refractivity (Wildman–Crippen MR) is 141 cm³/mol. The Hall–Kier alpha value is -1.60. The van der Waals surface area contributed by atoms with Gasteiger partial charge in [-0.1, -0.05) is 100 Å². The quantitative estimate of drug-likeness (QED) is 0.339. The molecule has 1 fully saturated rings. The molecule has 0 bridgehead atoms. The van der Waals surface area contributed by atoms with E-state index in [2.05, 4.69) is 50.3 Å². The molecule has 2 aliphatic rings. The number of hydrogen-bond donors (Lipinski definition) is 0. The molecule has 0 nitrogen and oxygen atoms in total. The van der Waals surface area contributed by atoms with E-state index in [1.807, 2.05) is 6.07 Å². The average Bonchev–Trinajstić information content (AvgIpc) is 2.86. The molecular formula is C31H40ClF. The van der Waals surface area contributed by atoms with Crippen LogP contribution >= 0.6 is 11.6 Å². The number of unbranched alkanes of at least 4 members (excludes halogenated alkanes) is 2. The highest BCUT2D eigenvalue weighted by Crippen LogP contribution is 2.42. The summed E-state index contributed by atoms with van der Waals surface area (Å²) in [6.45, 7) is 4.54. The third-order valence-electron chi connectivity index (χ3n) is 8.28. The van der Waals surface area contributed by atoms with Crippen LogP contribution in [0.25, 0.3) is 16.7 Å². The molecule has 178 valence electrons. The van der Waals surface area contributed by atoms with Crippen molar-refractivity contribution in [1.82, 2.24) is 0 Å². The fraction of sp³-hybridized carbons (Fsp3) is 0.548. The van der Waals surface area contributed by atoms with Gasteiger partial charge in [0.2, 0.25) is 0 Å². The molecule has 0 heterocycles. The van der Waals surface area contributed by atoms with Crippen molar-refractivity contribution in [2.45, 2.75) is 96.8 Å². The fourth-order valence-electron chi connectivity index (χ4n) is 5.94. The molecule has 33 heavy (non-hydrogen) atoms. The lowest BCUT2D eigenvalue weighted by atomic mass is 9.77. The number of benzene rings is 2. The summed E-state index contributed by atoms with van der Waals surface area (Å²) in [5, 5.41) is 0.334. The highest BCUT2D eigenvalue weighted by atomic mass is 35.5. The summed E-state index contributed by atoms with van der Waals surface area (Å²) in [4.78, 5) is 0. The van der Waals surface area contributed by atoms with Crippen molar-refractivity contribution in [1.29, 1.82) is 0 Å². The predicted octanol–water partition coefficient (Wildman–Crippen LogP) is 10.6. The second-order valence-electron chi connectivity index (χ2n) is 10.4. The standard InChI is InChI=1S/C31H40ClF/c1-3-5-6-7-23-10-12-24(13-11-23)25-16-18-27(19-17-25)29-21-20-28(30(32)31(29)33)26-14-8-22(4-2)9-15-26/h12,16-23,26H,3-11,13-15H2,1-2H3. The Morgan fingerprint density at radius 1 is 0.848 bits per heavy atom. The van der Waals surface area contributed by atoms with Crippen LogP contribution in [-0.2, 0) is 0 Å². The maximum absolute atomic E-state index is 15.3. The van der Waals surface area contributed by atoms with Crippen molar-refractivity contribution in [2.75, 3.05) is 0 Å². The molecule has 0 aromatic heterocycles. The van der Waals surface area contributed by atoms with Crippen LogP contribution in [0, 0.1) is 17.7 Å². The van der Waals surface area contributed by atoms with Crippen LogP contribution in [0.4, 0.5) is 4.39 Å². The van der Waals surface area contributed by atoms with Crippen molar-refractivity contribution in [3.05, 3.63) is 64.4 Å². The first-order valence-electron chi connectivity index (χ1n) is 13.4. The zero-order valence-electron chi connectivity index (χ0n) is 20.5. The van der Waals surface area contributed by atoms with Crippen LogP contribution in [0.5, 0.6) is 0 Å². The first-order valence-corrected chi connectivity index (χ1v) is 13.8. The van der Waals surface area contributed by atoms with Gasteiger partial charge in [0.25, 0.3) is 0 Å². The molecule has 0 saturated heterocycles. The van der Waals surface area contributed by atoms with Crippen LogP contribution in [0.3, 0.4) is 0 Å². The Morgan fingerprint density at radius 2 is 1.58 bits per heavy atom. The van der Waals surface area contributed by atoms with E-state index in [9.17, 15) is 0 Å². The Morgan fingerprint density at radius 3 is 2.21 bits per heavy atom. The summed E-state index contributed by atoms with van der Waals surface area (Å²) >= 11 is 6.58. The van der Waals surface area contributed by atoms with E-state index in [0.29, 0.717) is 16.5 Å². The molecule has 0 radical (unpaired) electrons. The van der Waals surface area contributed by atoms with Crippen LogP contribution in [0.2, 0.25) is 5.02 Å². The number of rotatable bonds is 8. The lowest BCUT2D eigenvalue weighted by molar-refractivity contribution is 0.318. The topological polar surface area (TPSA) is 0 Å². The molecule has 1 saturated carbocycles. The Kier molecular flexibility index (Phi) is 8.69. The summed E-state index contributed by atoms with van der Waals surface area (Å²) < 4.78 is 15.3. The van der Waals surface area contributed by atoms with Gasteiger partial charge < -0.3 is 0 Å². The molecule has 0 N–H and O–H groups in total. The highest BCUT2D eigenvalue weighted by Gasteiger charge is 2.25. The minimum atomic E-state index is -0.258. The van der Waals surface area contributed by atoms with Crippen molar-refractivity contribution >= 4 is 17.2 Å². The maximum Gasteiger partial charge on any atom is 0.149 e. The van der Waals surface area contributed by atoms with Gasteiger partial charge in [0.05, 0.1) is 5.02 Å². The van der Waals surface area contributed by atoms with E-state index in [0.717, 1.165) is 42.2 Å². The first kappa shape index (κ1) is 24.5. The molecule has 1 atom stereocenters. The summed E-state index contributed by atoms with van der Waals surface area (Å²) in [6.07, 6.45) is 17.5. The normalized spacial score (nSPS) is 23.4. The Balaban J connectivity index is 1.43. The van der Waals surface area contributed by atoms with Gasteiger partial charge >= 0.3 is 0 Å². The van der Waals surface area contributed by atoms with Crippen molar-refractivity contribution < 1.29 is 4.39 Å². The Labute approximate surface area is 205 Å². The summed E-state index contributed by atoms with van der Waals surface area (Å²) in [5.74, 6) is 1.82. The molecule has 1 unspecified atom stereocenters. The largest absolute Gasteiger partial charge is 0.205 e. The lowest BCUT2D eigenvalue weighted by Gasteiger charge is -2.29. The fourth-order valence-corrected chi connectivity index (χ4v) is 6.26. The van der Waals surface area contributed by atoms with Crippen molar-refractivity contribution in [3.8, 4) is 11.1 Å². The lowest BCUT2D eigenvalue weighted by Crippen LogP contribution is -2.13. The molecular weight excluding hydrogens is 427 g/mol. The third kappa shape index (κ3) is 5.91. The third-order valence-corrected chi connectivity index (χ3v) is 8.66. The second kappa shape index (κ2) is 11.7. The number of halogens is 2. The van der Waals surface area contributed by atoms with Crippen molar-refractivity contribution in [3.63, 3.8) is 0 Å². The monoisotopic (exact) mass is 466 g/mol. The van der Waals surface area contributed by atoms with Gasteiger partial charge in [-0.2, -0.15) is 0 Å². The SMILES string of the molecule is CCCCCC1CC=C(c2ccc(-c3ccc(C4CCC(CC)CC4)c(Cl)c3F)cc2)CC1. The van der Waals surface area contributed by atoms with Crippen LogP contribution in [0.1, 0.15) is 108 Å². The first-order chi connectivity index (χ1) is 16.1. The average molecular weight is 467 g/mol. The second-order valence-corrected chi connectivity index (χ2v) is 10.8. The minimum Gasteiger partial charge on any atom is -0.205 e. The van der Waals surface area contributed by atoms with E-state index in [1.54, 1.807) is 0 Å². The molecule has 2 aliphatic carbocycles. The summed E-state index contributed by atoms with van der Waals surface area (Å²) in [7, 11) is 0. The summed E-state index contributed by atoms with van der Waals surface area (Å²) in [6, 6.07) is 12.5.